The van der Waals surface area contributed by atoms with E-state index >= 15 is 0 Å². The molecule has 2 atom stereocenters. The first kappa shape index (κ1) is 31.4. The molecule has 9 heteroatoms. The van der Waals surface area contributed by atoms with Gasteiger partial charge in [-0.15, -0.1) is 0 Å². The van der Waals surface area contributed by atoms with Gasteiger partial charge in [-0.1, -0.05) is 24.3 Å². The number of rotatable bonds is 4. The quantitative estimate of drug-likeness (QED) is 0.285. The minimum atomic E-state index is -0.775. The van der Waals surface area contributed by atoms with E-state index in [0.29, 0.717) is 18.7 Å². The van der Waals surface area contributed by atoms with Crippen molar-refractivity contribution in [3.8, 4) is 0 Å². The fraction of sp³-hybridized carbons (Fsp3) is 0.348. The monoisotopic (exact) mass is 481 g/mol. The Balaban J connectivity index is 0. The average Bonchev–Trinajstić information content (AvgIpc) is 2.86. The Hall–Kier alpha value is -2.82. The summed E-state index contributed by atoms with van der Waals surface area (Å²) in [6.07, 6.45) is 7.23. The van der Waals surface area contributed by atoms with Crippen molar-refractivity contribution in [3.63, 3.8) is 0 Å². The molecule has 0 saturated carbocycles. The maximum absolute atomic E-state index is 13.5. The molecule has 1 amide bonds. The summed E-state index contributed by atoms with van der Waals surface area (Å²) in [7, 11) is 2.97. The number of esters is 1. The zero-order chi connectivity index (χ0) is 23.9. The maximum atomic E-state index is 13.5. The molecule has 1 spiro atoms. The van der Waals surface area contributed by atoms with Gasteiger partial charge in [0.15, 0.2) is 0 Å². The number of allylic oxidation sites excluding steroid dienone is 2. The molecule has 0 unspecified atom stereocenters. The molecule has 1 aromatic carbocycles. The number of carbonyl (C=O) groups is 2. The fourth-order valence-corrected chi connectivity index (χ4v) is 3.78. The zero-order valence-corrected chi connectivity index (χ0v) is 18.8. The van der Waals surface area contributed by atoms with Crippen LogP contribution in [-0.2, 0) is 50.1 Å². The number of ether oxygens (including phenoxy) is 2. The largest absolute Gasteiger partial charge is 0 e. The van der Waals surface area contributed by atoms with E-state index in [0.717, 1.165) is 12.1 Å². The van der Waals surface area contributed by atoms with Gasteiger partial charge in [0.2, 0.25) is 5.91 Å². The Morgan fingerprint density at radius 2 is 1.72 bits per heavy atom. The number of benzene rings is 1. The summed E-state index contributed by atoms with van der Waals surface area (Å²) in [5.41, 5.74) is 0.104. The number of nitrogens with zero attached hydrogens (tertiary/aromatic N) is 1. The second-order valence-corrected chi connectivity index (χ2v) is 6.46. The van der Waals surface area contributed by atoms with Gasteiger partial charge in [0, 0.05) is 35.7 Å². The van der Waals surface area contributed by atoms with Crippen LogP contribution in [0.5, 0.6) is 0 Å². The normalized spacial score (nSPS) is 20.2. The number of hydrogen-bond donors (Lipinski definition) is 0. The van der Waals surface area contributed by atoms with Gasteiger partial charge in [0.25, 0.3) is 0 Å². The predicted molar refractivity (Wildman–Crippen MR) is 107 cm³/mol. The van der Waals surface area contributed by atoms with Crippen molar-refractivity contribution < 1.29 is 50.1 Å². The first-order chi connectivity index (χ1) is 15.1. The van der Waals surface area contributed by atoms with E-state index in [-0.39, 0.29) is 41.3 Å². The standard InChI is InChI=1S/C20H23NO4.3CO.Fe/c1-24-17-9-6-11-20(14-17)15(13-18(22)25-2)10-12-21(19(20)23)16-7-4-3-5-8-16;3*1-2;/h3-9,14-15H,10-13H2,1-2H3;;;;/t15-,20+;;;;/m0..../s1. The second-order valence-electron chi connectivity index (χ2n) is 6.46. The number of anilines is 1. The summed E-state index contributed by atoms with van der Waals surface area (Å²) in [6, 6.07) is 9.65. The first-order valence-electron chi connectivity index (χ1n) is 9.09. The van der Waals surface area contributed by atoms with Crippen LogP contribution in [0, 0.1) is 31.3 Å². The van der Waals surface area contributed by atoms with Gasteiger partial charge < -0.3 is 14.4 Å². The van der Waals surface area contributed by atoms with Gasteiger partial charge in [-0.2, -0.15) is 0 Å². The van der Waals surface area contributed by atoms with Crippen LogP contribution >= 0.6 is 0 Å². The van der Waals surface area contributed by atoms with E-state index in [9.17, 15) is 9.59 Å². The molecule has 170 valence electrons. The van der Waals surface area contributed by atoms with Crippen LogP contribution in [0.2, 0.25) is 0 Å². The SMILES string of the molecule is COC(=O)C[C@@H]1CCN(c2ccccc2)C(=O)[C@]12C=C(OC)C=CC2.[C-]#[O+].[C-]#[O+].[C-]#[O+].[Fe]. The number of hydrogen-bond acceptors (Lipinski definition) is 4. The number of piperidine rings is 1. The molecule has 1 heterocycles. The molecular weight excluding hydrogens is 458 g/mol. The minimum Gasteiger partial charge on any atom is 0 e. The predicted octanol–water partition coefficient (Wildman–Crippen LogP) is 2.96. The maximum Gasteiger partial charge on any atom is 0 e. The molecule has 1 saturated heterocycles. The van der Waals surface area contributed by atoms with Crippen molar-refractivity contribution in [3.05, 3.63) is 74.3 Å². The van der Waals surface area contributed by atoms with Crippen molar-refractivity contribution in [2.75, 3.05) is 25.7 Å². The van der Waals surface area contributed by atoms with Gasteiger partial charge in [0.1, 0.15) is 5.76 Å². The topological polar surface area (TPSA) is 116 Å². The van der Waals surface area contributed by atoms with Crippen LogP contribution in [0.4, 0.5) is 5.69 Å². The molecule has 0 aromatic heterocycles. The summed E-state index contributed by atoms with van der Waals surface area (Å²) < 4.78 is 32.7. The Bertz CT molecular complexity index is 831. The van der Waals surface area contributed by atoms with Crippen molar-refractivity contribution in [1.29, 1.82) is 0 Å². The van der Waals surface area contributed by atoms with Crippen LogP contribution < -0.4 is 4.90 Å². The van der Waals surface area contributed by atoms with Gasteiger partial charge in [-0.25, -0.2) is 0 Å². The summed E-state index contributed by atoms with van der Waals surface area (Å²) >= 11 is 0. The van der Waals surface area contributed by atoms with Gasteiger partial charge >= 0.3 is 39.9 Å². The molecule has 0 radical (unpaired) electrons. The molecule has 0 bridgehead atoms. The summed E-state index contributed by atoms with van der Waals surface area (Å²) in [4.78, 5) is 27.2. The van der Waals surface area contributed by atoms with Crippen LogP contribution in [0.15, 0.2) is 54.3 Å². The van der Waals surface area contributed by atoms with E-state index in [1.165, 1.54) is 7.11 Å². The third-order valence-electron chi connectivity index (χ3n) is 5.15. The molecule has 32 heavy (non-hydrogen) atoms. The molecule has 8 nitrogen and oxygen atoms in total. The van der Waals surface area contributed by atoms with E-state index in [1.54, 1.807) is 7.11 Å². The molecule has 3 rings (SSSR count). The van der Waals surface area contributed by atoms with Gasteiger partial charge in [-0.05, 0) is 43.0 Å². The van der Waals surface area contributed by atoms with Crippen LogP contribution in [-0.4, -0.2) is 32.6 Å². The van der Waals surface area contributed by atoms with Crippen molar-refractivity contribution in [2.45, 2.75) is 19.3 Å². The number of para-hydroxylation sites is 1. The second kappa shape index (κ2) is 16.8. The number of carbonyl (C=O) groups excluding carboxylic acids is 2. The molecular formula is C23H23FeNO7. The number of amides is 1. The minimum absolute atomic E-state index is 0. The third-order valence-corrected chi connectivity index (χ3v) is 5.15. The average molecular weight is 481 g/mol. The zero-order valence-electron chi connectivity index (χ0n) is 17.7. The Morgan fingerprint density at radius 1 is 1.12 bits per heavy atom. The van der Waals surface area contributed by atoms with E-state index < -0.39 is 5.41 Å². The molecule has 1 fully saturated rings. The van der Waals surface area contributed by atoms with Crippen molar-refractivity contribution >= 4 is 17.6 Å². The van der Waals surface area contributed by atoms with E-state index in [2.05, 4.69) is 20.0 Å². The smallest absolute Gasteiger partial charge is 0 e. The van der Waals surface area contributed by atoms with Crippen LogP contribution in [0.1, 0.15) is 19.3 Å². The summed E-state index contributed by atoms with van der Waals surface area (Å²) in [5, 5.41) is 0. The molecule has 1 aromatic rings. The molecule has 2 aliphatic rings. The Labute approximate surface area is 198 Å². The van der Waals surface area contributed by atoms with Gasteiger partial charge in [0.05, 0.1) is 19.6 Å². The summed E-state index contributed by atoms with van der Waals surface area (Å²) in [5.74, 6) is 0.275. The first-order valence-corrected chi connectivity index (χ1v) is 9.09. The summed E-state index contributed by atoms with van der Waals surface area (Å²) in [6.45, 7) is 14.1. The molecule has 1 aliphatic heterocycles. The molecule has 1 aliphatic carbocycles. The van der Waals surface area contributed by atoms with Crippen LogP contribution in [0.3, 0.4) is 0 Å². The fourth-order valence-electron chi connectivity index (χ4n) is 3.78. The van der Waals surface area contributed by atoms with Gasteiger partial charge in [-0.3, -0.25) is 9.59 Å². The Morgan fingerprint density at radius 3 is 2.25 bits per heavy atom. The van der Waals surface area contributed by atoms with Crippen molar-refractivity contribution in [2.24, 2.45) is 11.3 Å². The third kappa shape index (κ3) is 7.40. The number of methoxy groups -OCH3 is 2. The van der Waals surface area contributed by atoms with Crippen LogP contribution in [0.25, 0.3) is 0 Å². The Kier molecular flexibility index (Phi) is 16.5. The van der Waals surface area contributed by atoms with E-state index in [4.69, 9.17) is 23.4 Å². The molecule has 0 N–H and O–H groups in total. The van der Waals surface area contributed by atoms with Crippen molar-refractivity contribution in [1.82, 2.24) is 0 Å². The van der Waals surface area contributed by atoms with E-state index in [1.807, 2.05) is 53.5 Å².